The van der Waals surface area contributed by atoms with E-state index in [0.29, 0.717) is 18.8 Å². The van der Waals surface area contributed by atoms with Gasteiger partial charge in [-0.2, -0.15) is 0 Å². The maximum absolute atomic E-state index is 13.2. The second-order valence-corrected chi connectivity index (χ2v) is 6.04. The molecule has 28 heavy (non-hydrogen) atoms. The van der Waals surface area contributed by atoms with Crippen LogP contribution in [-0.2, 0) is 16.1 Å². The topological polar surface area (TPSA) is 84.9 Å². The molecule has 0 aliphatic rings. The lowest BCUT2D eigenvalue weighted by molar-refractivity contribution is -0.137. The third-order valence-electron chi connectivity index (χ3n) is 3.77. The predicted molar refractivity (Wildman–Crippen MR) is 97.1 cm³/mol. The fourth-order valence-corrected chi connectivity index (χ4v) is 2.26. The van der Waals surface area contributed by atoms with Gasteiger partial charge in [0.2, 0.25) is 0 Å². The lowest BCUT2D eigenvalue weighted by atomic mass is 10.2. The van der Waals surface area contributed by atoms with Gasteiger partial charge < -0.3 is 19.9 Å². The number of rotatable bonds is 10. The molecule has 0 aromatic heterocycles. The molecule has 0 bridgehead atoms. The summed E-state index contributed by atoms with van der Waals surface area (Å²) in [5.74, 6) is -2.63. The molecule has 0 radical (unpaired) electrons. The van der Waals surface area contributed by atoms with E-state index >= 15 is 0 Å². The number of aliphatic carboxylic acids is 1. The van der Waals surface area contributed by atoms with E-state index in [0.717, 1.165) is 17.7 Å². The molecule has 8 heteroatoms. The maximum Gasteiger partial charge on any atom is 0.303 e. The highest BCUT2D eigenvalue weighted by Gasteiger charge is 2.15. The Kier molecular flexibility index (Phi) is 7.74. The fraction of sp³-hybridized carbons (Fsp3) is 0.300. The smallest absolute Gasteiger partial charge is 0.303 e. The average molecular weight is 393 g/mol. The normalized spacial score (nSPS) is 11.5. The van der Waals surface area contributed by atoms with E-state index < -0.39 is 29.6 Å². The molecule has 0 heterocycles. The van der Waals surface area contributed by atoms with E-state index in [2.05, 4.69) is 5.32 Å². The lowest BCUT2D eigenvalue weighted by Gasteiger charge is -2.15. The lowest BCUT2D eigenvalue weighted by Crippen LogP contribution is -2.35. The predicted octanol–water partition coefficient (Wildman–Crippen LogP) is 3.29. The Balaban J connectivity index is 1.76. The van der Waals surface area contributed by atoms with Crippen LogP contribution in [0.2, 0.25) is 0 Å². The molecule has 2 aromatic rings. The zero-order valence-electron chi connectivity index (χ0n) is 15.3. The van der Waals surface area contributed by atoms with E-state index in [1.807, 2.05) is 0 Å². The molecule has 1 amide bonds. The van der Waals surface area contributed by atoms with E-state index in [9.17, 15) is 18.4 Å². The van der Waals surface area contributed by atoms with Crippen LogP contribution in [0, 0.1) is 11.6 Å². The van der Waals surface area contributed by atoms with Crippen molar-refractivity contribution in [1.29, 1.82) is 0 Å². The molecule has 0 fully saturated rings. The van der Waals surface area contributed by atoms with E-state index in [1.165, 1.54) is 13.0 Å². The Morgan fingerprint density at radius 3 is 2.39 bits per heavy atom. The van der Waals surface area contributed by atoms with Crippen molar-refractivity contribution in [2.45, 2.75) is 32.4 Å². The molecule has 1 unspecified atom stereocenters. The van der Waals surface area contributed by atoms with Gasteiger partial charge in [-0.1, -0.05) is 12.1 Å². The van der Waals surface area contributed by atoms with Crippen molar-refractivity contribution >= 4 is 11.9 Å². The number of carboxylic acid groups (broad SMARTS) is 1. The first kappa shape index (κ1) is 21.1. The van der Waals surface area contributed by atoms with Crippen molar-refractivity contribution in [3.8, 4) is 11.5 Å². The number of hydrogen-bond donors (Lipinski definition) is 2. The number of carboxylic acids is 1. The number of ether oxygens (including phenoxy) is 2. The summed E-state index contributed by atoms with van der Waals surface area (Å²) in [5, 5.41) is 11.3. The molecule has 0 aliphatic heterocycles. The molecule has 0 aliphatic carbocycles. The molecular formula is C20H21F2NO5. The van der Waals surface area contributed by atoms with Gasteiger partial charge in [-0.3, -0.25) is 9.59 Å². The van der Waals surface area contributed by atoms with Gasteiger partial charge in [0.1, 0.15) is 11.5 Å². The summed E-state index contributed by atoms with van der Waals surface area (Å²) in [6, 6.07) is 10.1. The number of carbonyl (C=O) groups is 2. The van der Waals surface area contributed by atoms with E-state index in [4.69, 9.17) is 14.6 Å². The van der Waals surface area contributed by atoms with Crippen LogP contribution < -0.4 is 14.8 Å². The minimum atomic E-state index is -1.05. The SMILES string of the molecule is CC(Oc1ccc(F)c(F)c1)C(=O)NCc1ccc(OCCCC(=O)O)cc1. The van der Waals surface area contributed by atoms with Crippen LogP contribution in [-0.4, -0.2) is 29.7 Å². The van der Waals surface area contributed by atoms with Gasteiger partial charge in [0.25, 0.3) is 5.91 Å². The first-order chi connectivity index (χ1) is 13.3. The van der Waals surface area contributed by atoms with Gasteiger partial charge in [0.15, 0.2) is 17.7 Å². The maximum atomic E-state index is 13.2. The van der Waals surface area contributed by atoms with Gasteiger partial charge in [0, 0.05) is 19.0 Å². The van der Waals surface area contributed by atoms with E-state index in [1.54, 1.807) is 24.3 Å². The fourth-order valence-electron chi connectivity index (χ4n) is 2.26. The highest BCUT2D eigenvalue weighted by Crippen LogP contribution is 2.17. The Morgan fingerprint density at radius 2 is 1.75 bits per heavy atom. The molecule has 2 rings (SSSR count). The number of benzene rings is 2. The summed E-state index contributed by atoms with van der Waals surface area (Å²) in [6.45, 7) is 2.06. The van der Waals surface area contributed by atoms with Crippen molar-refractivity contribution in [2.75, 3.05) is 6.61 Å². The van der Waals surface area contributed by atoms with Crippen molar-refractivity contribution in [1.82, 2.24) is 5.32 Å². The van der Waals surface area contributed by atoms with Gasteiger partial charge in [-0.25, -0.2) is 8.78 Å². The first-order valence-corrected chi connectivity index (χ1v) is 8.68. The molecule has 6 nitrogen and oxygen atoms in total. The van der Waals surface area contributed by atoms with Gasteiger partial charge in [-0.15, -0.1) is 0 Å². The number of amides is 1. The largest absolute Gasteiger partial charge is 0.494 e. The number of halogens is 2. The zero-order chi connectivity index (χ0) is 20.5. The molecule has 0 saturated carbocycles. The van der Waals surface area contributed by atoms with Crippen LogP contribution in [0.25, 0.3) is 0 Å². The quantitative estimate of drug-likeness (QED) is 0.605. The summed E-state index contributed by atoms with van der Waals surface area (Å²) in [6.07, 6.45) is -0.417. The molecule has 150 valence electrons. The van der Waals surface area contributed by atoms with Crippen LogP contribution in [0.1, 0.15) is 25.3 Å². The van der Waals surface area contributed by atoms with Crippen LogP contribution in [0.5, 0.6) is 11.5 Å². The van der Waals surface area contributed by atoms with Crippen molar-refractivity contribution < 1.29 is 33.0 Å². The minimum Gasteiger partial charge on any atom is -0.494 e. The van der Waals surface area contributed by atoms with Crippen LogP contribution in [0.15, 0.2) is 42.5 Å². The molecule has 2 N–H and O–H groups in total. The van der Waals surface area contributed by atoms with Crippen molar-refractivity contribution in [3.05, 3.63) is 59.7 Å². The minimum absolute atomic E-state index is 0.0505. The number of carbonyl (C=O) groups excluding carboxylic acids is 1. The second-order valence-electron chi connectivity index (χ2n) is 6.04. The van der Waals surface area contributed by atoms with Crippen molar-refractivity contribution in [2.24, 2.45) is 0 Å². The van der Waals surface area contributed by atoms with Crippen LogP contribution >= 0.6 is 0 Å². The summed E-state index contributed by atoms with van der Waals surface area (Å²) in [5.41, 5.74) is 0.825. The Morgan fingerprint density at radius 1 is 1.07 bits per heavy atom. The molecule has 0 spiro atoms. The van der Waals surface area contributed by atoms with Gasteiger partial charge >= 0.3 is 5.97 Å². The standard InChI is InChI=1S/C20H21F2NO5/c1-13(28-16-8-9-17(21)18(22)11-16)20(26)23-12-14-4-6-15(7-5-14)27-10-2-3-19(24)25/h4-9,11,13H,2-3,10,12H2,1H3,(H,23,26)(H,24,25). The summed E-state index contributed by atoms with van der Waals surface area (Å²) >= 11 is 0. The number of nitrogens with one attached hydrogen (secondary N) is 1. The molecule has 0 saturated heterocycles. The number of hydrogen-bond acceptors (Lipinski definition) is 4. The van der Waals surface area contributed by atoms with E-state index in [-0.39, 0.29) is 18.7 Å². The van der Waals surface area contributed by atoms with Crippen LogP contribution in [0.4, 0.5) is 8.78 Å². The average Bonchev–Trinajstić information content (AvgIpc) is 2.67. The van der Waals surface area contributed by atoms with Gasteiger partial charge in [-0.05, 0) is 43.2 Å². The Bertz CT molecular complexity index is 811. The second kappa shape index (κ2) is 10.2. The Hall–Kier alpha value is -3.16. The zero-order valence-corrected chi connectivity index (χ0v) is 15.3. The molecule has 1 atom stereocenters. The Labute approximate surface area is 161 Å². The third-order valence-corrected chi connectivity index (χ3v) is 3.77. The summed E-state index contributed by atoms with van der Waals surface area (Å²) < 4.78 is 36.8. The van der Waals surface area contributed by atoms with Crippen molar-refractivity contribution in [3.63, 3.8) is 0 Å². The highest BCUT2D eigenvalue weighted by molar-refractivity contribution is 5.80. The molecule has 2 aromatic carbocycles. The third kappa shape index (κ3) is 6.86. The monoisotopic (exact) mass is 393 g/mol. The summed E-state index contributed by atoms with van der Waals surface area (Å²) in [4.78, 5) is 22.5. The highest BCUT2D eigenvalue weighted by atomic mass is 19.2. The first-order valence-electron chi connectivity index (χ1n) is 8.68. The summed E-state index contributed by atoms with van der Waals surface area (Å²) in [7, 11) is 0. The van der Waals surface area contributed by atoms with Crippen LogP contribution in [0.3, 0.4) is 0 Å². The molecular weight excluding hydrogens is 372 g/mol. The van der Waals surface area contributed by atoms with Gasteiger partial charge in [0.05, 0.1) is 6.61 Å².